The summed E-state index contributed by atoms with van der Waals surface area (Å²) < 4.78 is 33.0. The van der Waals surface area contributed by atoms with E-state index in [-0.39, 0.29) is 18.0 Å². The number of para-hydroxylation sites is 1. The van der Waals surface area contributed by atoms with Gasteiger partial charge in [-0.05, 0) is 42.3 Å². The van der Waals surface area contributed by atoms with Crippen LogP contribution in [0.5, 0.6) is 0 Å². The Bertz CT molecular complexity index is 1020. The van der Waals surface area contributed by atoms with Crippen LogP contribution in [0.1, 0.15) is 18.2 Å². The number of carbonyl (C=O) groups excluding carboxylic acids is 1. The van der Waals surface area contributed by atoms with Gasteiger partial charge in [-0.2, -0.15) is 0 Å². The summed E-state index contributed by atoms with van der Waals surface area (Å²) in [6, 6.07) is 18.8. The normalized spacial score (nSPS) is 11.2. The maximum atomic E-state index is 13.3. The Morgan fingerprint density at radius 2 is 1.71 bits per heavy atom. The third kappa shape index (κ3) is 4.43. The number of rotatable bonds is 8. The molecule has 0 spiro atoms. The van der Waals surface area contributed by atoms with Crippen LogP contribution >= 0.6 is 0 Å². The molecule has 0 aliphatic rings. The van der Waals surface area contributed by atoms with E-state index in [4.69, 9.17) is 4.42 Å². The number of benzene rings is 2. The maximum absolute atomic E-state index is 13.3. The molecule has 0 aliphatic heterocycles. The zero-order valence-electron chi connectivity index (χ0n) is 15.5. The summed E-state index contributed by atoms with van der Waals surface area (Å²) in [5.74, 6) is 0.182. The van der Waals surface area contributed by atoms with Crippen LogP contribution in [0.3, 0.4) is 0 Å². The maximum Gasteiger partial charge on any atom is 0.264 e. The number of anilines is 1. The number of nitrogens with zero attached hydrogens (tertiary/aromatic N) is 1. The van der Waals surface area contributed by atoms with Crippen molar-refractivity contribution in [2.45, 2.75) is 24.8 Å². The second-order valence-electron chi connectivity index (χ2n) is 6.16. The van der Waals surface area contributed by atoms with E-state index in [0.29, 0.717) is 17.9 Å². The highest BCUT2D eigenvalue weighted by atomic mass is 32.2. The fourth-order valence-electron chi connectivity index (χ4n) is 2.86. The van der Waals surface area contributed by atoms with Crippen molar-refractivity contribution in [3.05, 3.63) is 84.3 Å². The highest BCUT2D eigenvalue weighted by Crippen LogP contribution is 2.27. The molecule has 0 saturated carbocycles. The average molecular weight is 398 g/mol. The van der Waals surface area contributed by atoms with Crippen molar-refractivity contribution in [2.24, 2.45) is 0 Å². The van der Waals surface area contributed by atoms with E-state index in [9.17, 15) is 13.2 Å². The van der Waals surface area contributed by atoms with Gasteiger partial charge in [-0.3, -0.25) is 9.10 Å². The van der Waals surface area contributed by atoms with Crippen LogP contribution in [0.25, 0.3) is 0 Å². The lowest BCUT2D eigenvalue weighted by Gasteiger charge is -2.26. The molecule has 1 amide bonds. The summed E-state index contributed by atoms with van der Waals surface area (Å²) in [6.07, 6.45) is 2.16. The molecule has 1 N–H and O–H groups in total. The number of aryl methyl sites for hydroxylation is 1. The molecule has 0 bridgehead atoms. The molecule has 6 nitrogen and oxygen atoms in total. The molecule has 0 saturated heterocycles. The Hall–Kier alpha value is -3.06. The molecule has 3 rings (SSSR count). The zero-order chi connectivity index (χ0) is 20.0. The van der Waals surface area contributed by atoms with Gasteiger partial charge < -0.3 is 9.73 Å². The minimum absolute atomic E-state index is 0.139. The molecule has 7 heteroatoms. The largest absolute Gasteiger partial charge is 0.467 e. The predicted octanol–water partition coefficient (Wildman–Crippen LogP) is 3.35. The SMILES string of the molecule is CCc1ccccc1N(CC(=O)NCc1ccco1)S(=O)(=O)c1ccccc1. The van der Waals surface area contributed by atoms with E-state index < -0.39 is 15.9 Å². The standard InChI is InChI=1S/C21H22N2O4S/c1-2-17-9-6-7-13-20(17)23(28(25,26)19-11-4-3-5-12-19)16-21(24)22-15-18-10-8-14-27-18/h3-14H,2,15-16H2,1H3,(H,22,24). The number of sulfonamides is 1. The van der Waals surface area contributed by atoms with E-state index in [1.54, 1.807) is 42.5 Å². The molecule has 3 aromatic rings. The molecule has 2 aromatic carbocycles. The summed E-state index contributed by atoms with van der Waals surface area (Å²) in [6.45, 7) is 1.82. The van der Waals surface area contributed by atoms with Gasteiger partial charge in [-0.25, -0.2) is 8.42 Å². The Kier molecular flexibility index (Phi) is 6.16. The van der Waals surface area contributed by atoms with Gasteiger partial charge in [-0.15, -0.1) is 0 Å². The van der Waals surface area contributed by atoms with Crippen molar-refractivity contribution in [2.75, 3.05) is 10.8 Å². The van der Waals surface area contributed by atoms with E-state index in [1.807, 2.05) is 19.1 Å². The summed E-state index contributed by atoms with van der Waals surface area (Å²) in [5.41, 5.74) is 1.35. The number of hydrogen-bond donors (Lipinski definition) is 1. The number of hydrogen-bond acceptors (Lipinski definition) is 4. The predicted molar refractivity (Wildman–Crippen MR) is 107 cm³/mol. The summed E-state index contributed by atoms with van der Waals surface area (Å²) in [4.78, 5) is 12.7. The highest BCUT2D eigenvalue weighted by molar-refractivity contribution is 7.92. The van der Waals surface area contributed by atoms with Gasteiger partial charge >= 0.3 is 0 Å². The highest BCUT2D eigenvalue weighted by Gasteiger charge is 2.28. The molecule has 0 fully saturated rings. The van der Waals surface area contributed by atoms with Crippen LogP contribution in [0.2, 0.25) is 0 Å². The Labute approximate surface area is 164 Å². The van der Waals surface area contributed by atoms with Gasteiger partial charge in [-0.1, -0.05) is 43.3 Å². The van der Waals surface area contributed by atoms with Crippen molar-refractivity contribution in [3.8, 4) is 0 Å². The second kappa shape index (κ2) is 8.75. The van der Waals surface area contributed by atoms with Crippen LogP contribution < -0.4 is 9.62 Å². The van der Waals surface area contributed by atoms with Gasteiger partial charge in [0.2, 0.25) is 5.91 Å². The van der Waals surface area contributed by atoms with Crippen molar-refractivity contribution < 1.29 is 17.6 Å². The quantitative estimate of drug-likeness (QED) is 0.631. The van der Waals surface area contributed by atoms with Gasteiger partial charge in [0.05, 0.1) is 23.4 Å². The minimum atomic E-state index is -3.90. The topological polar surface area (TPSA) is 79.6 Å². The number of amides is 1. The smallest absolute Gasteiger partial charge is 0.264 e. The average Bonchev–Trinajstić information content (AvgIpc) is 3.25. The third-order valence-electron chi connectivity index (χ3n) is 4.30. The monoisotopic (exact) mass is 398 g/mol. The zero-order valence-corrected chi connectivity index (χ0v) is 16.4. The van der Waals surface area contributed by atoms with Crippen LogP contribution in [0.4, 0.5) is 5.69 Å². The first-order valence-corrected chi connectivity index (χ1v) is 10.4. The lowest BCUT2D eigenvalue weighted by atomic mass is 10.1. The number of nitrogens with one attached hydrogen (secondary N) is 1. The van der Waals surface area contributed by atoms with Gasteiger partial charge in [0.15, 0.2) is 0 Å². The van der Waals surface area contributed by atoms with Crippen LogP contribution in [0.15, 0.2) is 82.3 Å². The van der Waals surface area contributed by atoms with Crippen molar-refractivity contribution in [3.63, 3.8) is 0 Å². The summed E-state index contributed by atoms with van der Waals surface area (Å²) >= 11 is 0. The molecule has 146 valence electrons. The molecule has 0 atom stereocenters. The molecule has 0 unspecified atom stereocenters. The Balaban J connectivity index is 1.92. The van der Waals surface area contributed by atoms with Crippen molar-refractivity contribution in [1.82, 2.24) is 5.32 Å². The Morgan fingerprint density at radius 1 is 1.00 bits per heavy atom. The van der Waals surface area contributed by atoms with E-state index in [0.717, 1.165) is 5.56 Å². The molecular formula is C21H22N2O4S. The second-order valence-corrected chi connectivity index (χ2v) is 8.03. The van der Waals surface area contributed by atoms with Gasteiger partial charge in [0.1, 0.15) is 12.3 Å². The molecule has 1 heterocycles. The van der Waals surface area contributed by atoms with Crippen LogP contribution in [-0.2, 0) is 27.8 Å². The molecule has 28 heavy (non-hydrogen) atoms. The number of furan rings is 1. The van der Waals surface area contributed by atoms with E-state index >= 15 is 0 Å². The lowest BCUT2D eigenvalue weighted by molar-refractivity contribution is -0.119. The van der Waals surface area contributed by atoms with E-state index in [2.05, 4.69) is 5.32 Å². The first-order valence-electron chi connectivity index (χ1n) is 8.97. The first-order chi connectivity index (χ1) is 13.5. The first kappa shape index (κ1) is 19.7. The minimum Gasteiger partial charge on any atom is -0.467 e. The fraction of sp³-hybridized carbons (Fsp3) is 0.190. The molecule has 0 aliphatic carbocycles. The molecular weight excluding hydrogens is 376 g/mol. The third-order valence-corrected chi connectivity index (χ3v) is 6.07. The molecule has 0 radical (unpaired) electrons. The van der Waals surface area contributed by atoms with Crippen LogP contribution in [-0.4, -0.2) is 20.9 Å². The van der Waals surface area contributed by atoms with Gasteiger partial charge in [0, 0.05) is 0 Å². The lowest BCUT2D eigenvalue weighted by Crippen LogP contribution is -2.41. The number of carbonyl (C=O) groups is 1. The van der Waals surface area contributed by atoms with Crippen LogP contribution in [0, 0.1) is 0 Å². The van der Waals surface area contributed by atoms with Gasteiger partial charge in [0.25, 0.3) is 10.0 Å². The van der Waals surface area contributed by atoms with Crippen molar-refractivity contribution >= 4 is 21.6 Å². The molecule has 1 aromatic heterocycles. The summed E-state index contributed by atoms with van der Waals surface area (Å²) in [7, 11) is -3.90. The summed E-state index contributed by atoms with van der Waals surface area (Å²) in [5, 5.41) is 2.71. The van der Waals surface area contributed by atoms with Crippen molar-refractivity contribution in [1.29, 1.82) is 0 Å². The fourth-order valence-corrected chi connectivity index (χ4v) is 4.34. The van der Waals surface area contributed by atoms with E-state index in [1.165, 1.54) is 22.7 Å². The Morgan fingerprint density at radius 3 is 2.39 bits per heavy atom.